The van der Waals surface area contributed by atoms with Crippen LogP contribution in [0.4, 0.5) is 30.2 Å². The zero-order chi connectivity index (χ0) is 23.9. The lowest BCUT2D eigenvalue weighted by Gasteiger charge is -2.25. The third kappa shape index (κ3) is 4.43. The molecule has 9 heteroatoms. The number of para-hydroxylation sites is 1. The Hall–Kier alpha value is -3.04. The summed E-state index contributed by atoms with van der Waals surface area (Å²) in [7, 11) is 1.51. The van der Waals surface area contributed by atoms with Crippen LogP contribution in [0, 0.1) is 13.8 Å². The van der Waals surface area contributed by atoms with Crippen molar-refractivity contribution in [1.29, 1.82) is 0 Å². The molecule has 5 nitrogen and oxygen atoms in total. The van der Waals surface area contributed by atoms with Gasteiger partial charge in [-0.05, 0) is 77.3 Å². The number of ether oxygens (including phenoxy) is 1. The summed E-state index contributed by atoms with van der Waals surface area (Å²) in [5.41, 5.74) is 5.86. The number of methoxy groups -OCH3 is 1. The highest BCUT2D eigenvalue weighted by Crippen LogP contribution is 2.42. The first-order valence-corrected chi connectivity index (χ1v) is 10.8. The van der Waals surface area contributed by atoms with Gasteiger partial charge in [0.25, 0.3) is 0 Å². The predicted octanol–water partition coefficient (Wildman–Crippen LogP) is 6.38. The molecule has 3 aromatic rings. The molecule has 0 aromatic heterocycles. The van der Waals surface area contributed by atoms with E-state index in [1.54, 1.807) is 18.2 Å². The Kier molecular flexibility index (Phi) is 6.11. The molecule has 0 fully saturated rings. The standard InChI is InChI=1S/C24H21BrF3N3O2/c1-13-9-14(2)11-16(10-13)31-20-12-15(24(26,27)28)7-8-17(20)21(23(31)32)30-29-19-6-4-5-18(25)22(19)33-3/h4-12,23,29,32H,1-3H3/b30-21-. The fraction of sp³-hybridized carbons (Fsp3) is 0.208. The summed E-state index contributed by atoms with van der Waals surface area (Å²) in [6.45, 7) is 3.78. The normalized spacial score (nSPS) is 16.8. The molecule has 3 aromatic carbocycles. The Bertz CT molecular complexity index is 1220. The number of aliphatic hydroxyl groups excluding tert-OH is 1. The van der Waals surface area contributed by atoms with Crippen LogP contribution >= 0.6 is 15.9 Å². The Balaban J connectivity index is 1.84. The Morgan fingerprint density at radius 2 is 1.76 bits per heavy atom. The molecule has 0 radical (unpaired) electrons. The highest BCUT2D eigenvalue weighted by Gasteiger charge is 2.39. The van der Waals surface area contributed by atoms with Crippen LogP contribution in [0.25, 0.3) is 0 Å². The zero-order valence-corrected chi connectivity index (χ0v) is 19.6. The zero-order valence-electron chi connectivity index (χ0n) is 18.0. The van der Waals surface area contributed by atoms with E-state index in [1.807, 2.05) is 32.0 Å². The number of hydrazone groups is 1. The van der Waals surface area contributed by atoms with Gasteiger partial charge in [0, 0.05) is 11.3 Å². The summed E-state index contributed by atoms with van der Waals surface area (Å²) >= 11 is 3.40. The van der Waals surface area contributed by atoms with Crippen LogP contribution in [0.1, 0.15) is 22.3 Å². The molecule has 0 spiro atoms. The maximum Gasteiger partial charge on any atom is 0.416 e. The van der Waals surface area contributed by atoms with Gasteiger partial charge in [-0.3, -0.25) is 5.43 Å². The molecule has 172 valence electrons. The second-order valence-electron chi connectivity index (χ2n) is 7.75. The van der Waals surface area contributed by atoms with E-state index in [0.29, 0.717) is 27.2 Å². The van der Waals surface area contributed by atoms with Gasteiger partial charge < -0.3 is 14.7 Å². The van der Waals surface area contributed by atoms with Gasteiger partial charge in [0.15, 0.2) is 12.0 Å². The van der Waals surface area contributed by atoms with Crippen molar-refractivity contribution in [2.75, 3.05) is 17.4 Å². The number of nitrogens with one attached hydrogen (secondary N) is 1. The number of anilines is 3. The van der Waals surface area contributed by atoms with E-state index >= 15 is 0 Å². The SMILES string of the molecule is COc1c(Br)cccc1N/N=C1/c2ccc(C(F)(F)F)cc2N(c2cc(C)cc(C)c2)C1O. The van der Waals surface area contributed by atoms with E-state index < -0.39 is 18.0 Å². The van der Waals surface area contributed by atoms with E-state index in [1.165, 1.54) is 18.1 Å². The second-order valence-corrected chi connectivity index (χ2v) is 8.60. The minimum atomic E-state index is -4.52. The van der Waals surface area contributed by atoms with Crippen LogP contribution in [0.15, 0.2) is 64.2 Å². The number of aryl methyl sites for hydroxylation is 2. The summed E-state index contributed by atoms with van der Waals surface area (Å²) < 4.78 is 46.5. The van der Waals surface area contributed by atoms with Crippen molar-refractivity contribution in [3.05, 3.63) is 81.3 Å². The molecular formula is C24H21BrF3N3O2. The maximum absolute atomic E-state index is 13.5. The molecule has 2 N–H and O–H groups in total. The van der Waals surface area contributed by atoms with E-state index in [4.69, 9.17) is 4.74 Å². The lowest BCUT2D eigenvalue weighted by molar-refractivity contribution is -0.137. The number of alkyl halides is 3. The van der Waals surface area contributed by atoms with Crippen molar-refractivity contribution in [2.45, 2.75) is 26.3 Å². The first kappa shape index (κ1) is 23.1. The van der Waals surface area contributed by atoms with Gasteiger partial charge in [0.1, 0.15) is 5.71 Å². The highest BCUT2D eigenvalue weighted by molar-refractivity contribution is 9.10. The summed E-state index contributed by atoms with van der Waals surface area (Å²) in [4.78, 5) is 1.46. The van der Waals surface area contributed by atoms with Gasteiger partial charge in [0.05, 0.1) is 28.5 Å². The third-order valence-electron chi connectivity index (χ3n) is 5.30. The second kappa shape index (κ2) is 8.72. The molecule has 0 bridgehead atoms. The van der Waals surface area contributed by atoms with Gasteiger partial charge in [-0.1, -0.05) is 18.2 Å². The molecule has 1 atom stereocenters. The lowest BCUT2D eigenvalue weighted by Crippen LogP contribution is -2.32. The largest absolute Gasteiger partial charge is 0.493 e. The molecule has 1 aliphatic heterocycles. The van der Waals surface area contributed by atoms with Crippen molar-refractivity contribution < 1.29 is 23.0 Å². The number of halogens is 4. The Morgan fingerprint density at radius 3 is 2.39 bits per heavy atom. The summed E-state index contributed by atoms with van der Waals surface area (Å²) in [6, 6.07) is 14.3. The Labute approximate surface area is 197 Å². The number of rotatable bonds is 4. The number of benzene rings is 3. The van der Waals surface area contributed by atoms with Crippen LogP contribution in [0.2, 0.25) is 0 Å². The van der Waals surface area contributed by atoms with Crippen molar-refractivity contribution in [2.24, 2.45) is 5.10 Å². The molecule has 0 saturated heterocycles. The molecule has 0 amide bonds. The first-order chi connectivity index (χ1) is 15.6. The van der Waals surface area contributed by atoms with Gasteiger partial charge in [-0.2, -0.15) is 18.3 Å². The molecule has 1 aliphatic rings. The molecule has 33 heavy (non-hydrogen) atoms. The fourth-order valence-electron chi connectivity index (χ4n) is 3.93. The predicted molar refractivity (Wildman–Crippen MR) is 126 cm³/mol. The van der Waals surface area contributed by atoms with Gasteiger partial charge in [-0.15, -0.1) is 0 Å². The Morgan fingerprint density at radius 1 is 1.06 bits per heavy atom. The number of aliphatic hydroxyl groups is 1. The van der Waals surface area contributed by atoms with E-state index in [0.717, 1.165) is 23.3 Å². The van der Waals surface area contributed by atoms with Gasteiger partial charge >= 0.3 is 6.18 Å². The number of hydrogen-bond acceptors (Lipinski definition) is 5. The van der Waals surface area contributed by atoms with Crippen molar-refractivity contribution in [1.82, 2.24) is 0 Å². The summed E-state index contributed by atoms with van der Waals surface area (Å²) in [6.07, 6.45) is -5.81. The highest BCUT2D eigenvalue weighted by atomic mass is 79.9. The average molecular weight is 520 g/mol. The summed E-state index contributed by atoms with van der Waals surface area (Å²) in [5.74, 6) is 0.508. The monoisotopic (exact) mass is 519 g/mol. The maximum atomic E-state index is 13.5. The van der Waals surface area contributed by atoms with E-state index in [9.17, 15) is 18.3 Å². The fourth-order valence-corrected chi connectivity index (χ4v) is 4.46. The van der Waals surface area contributed by atoms with Gasteiger partial charge in [0.2, 0.25) is 0 Å². The van der Waals surface area contributed by atoms with Gasteiger partial charge in [-0.25, -0.2) is 0 Å². The molecular weight excluding hydrogens is 499 g/mol. The van der Waals surface area contributed by atoms with Crippen LogP contribution in [-0.2, 0) is 6.18 Å². The molecule has 0 saturated carbocycles. The van der Waals surface area contributed by atoms with Crippen molar-refractivity contribution in [3.63, 3.8) is 0 Å². The van der Waals surface area contributed by atoms with Crippen LogP contribution < -0.4 is 15.1 Å². The number of fused-ring (bicyclic) bond motifs is 1. The lowest BCUT2D eigenvalue weighted by atomic mass is 10.1. The number of nitrogens with zero attached hydrogens (tertiary/aromatic N) is 2. The summed E-state index contributed by atoms with van der Waals surface area (Å²) in [5, 5.41) is 15.6. The van der Waals surface area contributed by atoms with Crippen LogP contribution in [0.3, 0.4) is 0 Å². The van der Waals surface area contributed by atoms with Crippen molar-refractivity contribution >= 4 is 38.7 Å². The molecule has 4 rings (SSSR count). The molecule has 1 heterocycles. The smallest absolute Gasteiger partial charge is 0.416 e. The van der Waals surface area contributed by atoms with Crippen LogP contribution in [-0.4, -0.2) is 24.2 Å². The average Bonchev–Trinajstić information content (AvgIpc) is 3.01. The minimum absolute atomic E-state index is 0.194. The first-order valence-electron chi connectivity index (χ1n) is 10.0. The van der Waals surface area contributed by atoms with Crippen molar-refractivity contribution in [3.8, 4) is 5.75 Å². The van der Waals surface area contributed by atoms with E-state index in [2.05, 4.69) is 26.5 Å². The third-order valence-corrected chi connectivity index (χ3v) is 5.93. The molecule has 0 aliphatic carbocycles. The quantitative estimate of drug-likeness (QED) is 0.392. The van der Waals surface area contributed by atoms with E-state index in [-0.39, 0.29) is 11.4 Å². The minimum Gasteiger partial charge on any atom is -0.493 e. The molecule has 1 unspecified atom stereocenters. The topological polar surface area (TPSA) is 57.1 Å². The van der Waals surface area contributed by atoms with Crippen LogP contribution in [0.5, 0.6) is 5.75 Å². The number of hydrogen-bond donors (Lipinski definition) is 2.